The van der Waals surface area contributed by atoms with Crippen molar-refractivity contribution >= 4 is 10.9 Å². The van der Waals surface area contributed by atoms with Gasteiger partial charge in [0.15, 0.2) is 0 Å². The van der Waals surface area contributed by atoms with E-state index >= 15 is 0 Å². The van der Waals surface area contributed by atoms with Crippen LogP contribution in [0.2, 0.25) is 0 Å². The molecule has 2 heterocycles. The minimum atomic E-state index is -2.67. The SMILES string of the molecule is COc1ccc2[nH]cc(CCN3CCC(OC(F)F)C3)c2c1. The van der Waals surface area contributed by atoms with Gasteiger partial charge in [0, 0.05) is 36.7 Å². The van der Waals surface area contributed by atoms with Crippen molar-refractivity contribution in [2.75, 3.05) is 26.7 Å². The van der Waals surface area contributed by atoms with Gasteiger partial charge in [-0.05, 0) is 36.6 Å². The molecule has 2 aromatic rings. The van der Waals surface area contributed by atoms with E-state index in [0.717, 1.165) is 36.2 Å². The van der Waals surface area contributed by atoms with Crippen molar-refractivity contribution in [2.45, 2.75) is 25.6 Å². The van der Waals surface area contributed by atoms with Crippen molar-refractivity contribution in [2.24, 2.45) is 0 Å². The summed E-state index contributed by atoms with van der Waals surface area (Å²) in [6.07, 6.45) is 3.21. The number of hydrogen-bond acceptors (Lipinski definition) is 3. The Morgan fingerprint density at radius 3 is 3.05 bits per heavy atom. The molecular formula is C16H20F2N2O2. The van der Waals surface area contributed by atoms with Gasteiger partial charge in [-0.1, -0.05) is 0 Å². The van der Waals surface area contributed by atoms with Crippen molar-refractivity contribution in [3.05, 3.63) is 30.0 Å². The minimum Gasteiger partial charge on any atom is -0.497 e. The van der Waals surface area contributed by atoms with E-state index in [1.54, 1.807) is 7.11 Å². The molecule has 1 aromatic carbocycles. The Hall–Kier alpha value is -1.66. The number of likely N-dealkylation sites (tertiary alicyclic amines) is 1. The predicted molar refractivity (Wildman–Crippen MR) is 80.5 cm³/mol. The molecule has 22 heavy (non-hydrogen) atoms. The molecule has 6 heteroatoms. The van der Waals surface area contributed by atoms with Gasteiger partial charge in [0.2, 0.25) is 0 Å². The number of nitrogens with zero attached hydrogens (tertiary/aromatic N) is 1. The van der Waals surface area contributed by atoms with E-state index in [-0.39, 0.29) is 6.10 Å². The molecule has 0 aliphatic carbocycles. The number of halogens is 2. The number of H-pyrrole nitrogens is 1. The Kier molecular flexibility index (Phi) is 4.59. The summed E-state index contributed by atoms with van der Waals surface area (Å²) in [6, 6.07) is 5.95. The summed E-state index contributed by atoms with van der Waals surface area (Å²) in [5.41, 5.74) is 2.29. The average molecular weight is 310 g/mol. The van der Waals surface area contributed by atoms with E-state index in [9.17, 15) is 8.78 Å². The summed E-state index contributed by atoms with van der Waals surface area (Å²) in [6.45, 7) is -0.446. The zero-order valence-electron chi connectivity index (χ0n) is 12.5. The van der Waals surface area contributed by atoms with Crippen molar-refractivity contribution in [1.82, 2.24) is 9.88 Å². The third kappa shape index (κ3) is 3.39. The number of ether oxygens (including phenoxy) is 2. The van der Waals surface area contributed by atoms with Crippen LogP contribution >= 0.6 is 0 Å². The molecule has 0 saturated carbocycles. The van der Waals surface area contributed by atoms with E-state index in [1.165, 1.54) is 5.56 Å². The van der Waals surface area contributed by atoms with Gasteiger partial charge in [-0.25, -0.2) is 0 Å². The third-order valence-corrected chi connectivity index (χ3v) is 4.20. The first kappa shape index (κ1) is 15.2. The quantitative estimate of drug-likeness (QED) is 0.891. The summed E-state index contributed by atoms with van der Waals surface area (Å²) < 4.78 is 34.3. The fourth-order valence-electron chi connectivity index (χ4n) is 3.03. The van der Waals surface area contributed by atoms with Crippen LogP contribution in [-0.4, -0.2) is 49.3 Å². The van der Waals surface area contributed by atoms with Crippen molar-refractivity contribution in [3.8, 4) is 5.75 Å². The molecule has 1 saturated heterocycles. The second-order valence-electron chi connectivity index (χ2n) is 5.58. The fourth-order valence-corrected chi connectivity index (χ4v) is 3.03. The van der Waals surface area contributed by atoms with Crippen LogP contribution in [0.1, 0.15) is 12.0 Å². The number of alkyl halides is 2. The molecular weight excluding hydrogens is 290 g/mol. The van der Waals surface area contributed by atoms with Crippen molar-refractivity contribution in [3.63, 3.8) is 0 Å². The highest BCUT2D eigenvalue weighted by Crippen LogP contribution is 2.24. The summed E-state index contributed by atoms with van der Waals surface area (Å²) in [5.74, 6) is 0.833. The standard InChI is InChI=1S/C16H20F2N2O2/c1-21-12-2-3-15-14(8-12)11(9-19-15)4-6-20-7-5-13(10-20)22-16(17)18/h2-3,8-9,13,16,19H,4-7,10H2,1H3. The molecule has 1 atom stereocenters. The highest BCUT2D eigenvalue weighted by Gasteiger charge is 2.25. The molecule has 1 fully saturated rings. The van der Waals surface area contributed by atoms with Crippen LogP contribution in [0.25, 0.3) is 10.9 Å². The number of hydrogen-bond donors (Lipinski definition) is 1. The Labute approximate surface area is 128 Å². The Bertz CT molecular complexity index is 630. The van der Waals surface area contributed by atoms with Gasteiger partial charge in [0.25, 0.3) is 0 Å². The number of fused-ring (bicyclic) bond motifs is 1. The van der Waals surface area contributed by atoms with Crippen LogP contribution < -0.4 is 4.74 Å². The topological polar surface area (TPSA) is 37.5 Å². The number of methoxy groups -OCH3 is 1. The monoisotopic (exact) mass is 310 g/mol. The molecule has 0 amide bonds. The second-order valence-corrected chi connectivity index (χ2v) is 5.58. The van der Waals surface area contributed by atoms with E-state index in [4.69, 9.17) is 4.74 Å². The Morgan fingerprint density at radius 1 is 1.41 bits per heavy atom. The molecule has 0 radical (unpaired) electrons. The highest BCUT2D eigenvalue weighted by atomic mass is 19.3. The molecule has 4 nitrogen and oxygen atoms in total. The highest BCUT2D eigenvalue weighted by molar-refractivity contribution is 5.84. The number of aromatic nitrogens is 1. The lowest BCUT2D eigenvalue weighted by Gasteiger charge is -2.15. The summed E-state index contributed by atoms with van der Waals surface area (Å²) in [5, 5.41) is 1.15. The van der Waals surface area contributed by atoms with Gasteiger partial charge >= 0.3 is 6.61 Å². The molecule has 0 bridgehead atoms. The molecule has 0 spiro atoms. The maximum atomic E-state index is 12.2. The van der Waals surface area contributed by atoms with Gasteiger partial charge in [-0.15, -0.1) is 0 Å². The zero-order valence-corrected chi connectivity index (χ0v) is 12.5. The maximum absolute atomic E-state index is 12.2. The van der Waals surface area contributed by atoms with Gasteiger partial charge in [0.1, 0.15) is 5.75 Å². The molecule has 3 rings (SSSR count). The van der Waals surface area contributed by atoms with Gasteiger partial charge in [-0.2, -0.15) is 8.78 Å². The molecule has 120 valence electrons. The van der Waals surface area contributed by atoms with Gasteiger partial charge < -0.3 is 19.4 Å². The largest absolute Gasteiger partial charge is 0.497 e. The number of benzene rings is 1. The second kappa shape index (κ2) is 6.62. The summed E-state index contributed by atoms with van der Waals surface area (Å²) in [7, 11) is 1.65. The molecule has 1 N–H and O–H groups in total. The lowest BCUT2D eigenvalue weighted by Crippen LogP contribution is -2.26. The first-order valence-corrected chi connectivity index (χ1v) is 7.45. The predicted octanol–water partition coefficient (Wildman–Crippen LogP) is 3.03. The lowest BCUT2D eigenvalue weighted by atomic mass is 10.1. The van der Waals surface area contributed by atoms with E-state index in [0.29, 0.717) is 13.0 Å². The Morgan fingerprint density at radius 2 is 2.27 bits per heavy atom. The van der Waals surface area contributed by atoms with Gasteiger partial charge in [0.05, 0.1) is 13.2 Å². The number of aromatic amines is 1. The number of nitrogens with one attached hydrogen (secondary N) is 1. The van der Waals surface area contributed by atoms with E-state index in [1.807, 2.05) is 24.4 Å². The lowest BCUT2D eigenvalue weighted by molar-refractivity contribution is -0.158. The molecule has 1 unspecified atom stereocenters. The van der Waals surface area contributed by atoms with Crippen molar-refractivity contribution in [1.29, 1.82) is 0 Å². The minimum absolute atomic E-state index is 0.344. The van der Waals surface area contributed by atoms with Crippen LogP contribution in [0, 0.1) is 0 Å². The zero-order chi connectivity index (χ0) is 15.5. The summed E-state index contributed by atoms with van der Waals surface area (Å²) >= 11 is 0. The van der Waals surface area contributed by atoms with Crippen LogP contribution in [0.3, 0.4) is 0 Å². The van der Waals surface area contributed by atoms with E-state index in [2.05, 4.69) is 14.6 Å². The first-order chi connectivity index (χ1) is 10.7. The molecule has 1 aliphatic heterocycles. The smallest absolute Gasteiger partial charge is 0.345 e. The van der Waals surface area contributed by atoms with Crippen LogP contribution in [0.4, 0.5) is 8.78 Å². The van der Waals surface area contributed by atoms with Crippen LogP contribution in [0.15, 0.2) is 24.4 Å². The Balaban J connectivity index is 1.60. The fraction of sp³-hybridized carbons (Fsp3) is 0.500. The molecule has 1 aromatic heterocycles. The van der Waals surface area contributed by atoms with Crippen LogP contribution in [-0.2, 0) is 11.2 Å². The van der Waals surface area contributed by atoms with Crippen molar-refractivity contribution < 1.29 is 18.3 Å². The normalized spacial score (nSPS) is 19.4. The summed E-state index contributed by atoms with van der Waals surface area (Å²) in [4.78, 5) is 5.42. The molecule has 1 aliphatic rings. The third-order valence-electron chi connectivity index (χ3n) is 4.20. The number of rotatable bonds is 6. The first-order valence-electron chi connectivity index (χ1n) is 7.45. The van der Waals surface area contributed by atoms with E-state index < -0.39 is 6.61 Å². The van der Waals surface area contributed by atoms with Gasteiger partial charge in [-0.3, -0.25) is 0 Å². The van der Waals surface area contributed by atoms with Crippen LogP contribution in [0.5, 0.6) is 5.75 Å². The maximum Gasteiger partial charge on any atom is 0.345 e. The average Bonchev–Trinajstić information content (AvgIpc) is 3.10.